The molecule has 0 aliphatic rings. The zero-order valence-electron chi connectivity index (χ0n) is 9.85. The summed E-state index contributed by atoms with van der Waals surface area (Å²) in [6.45, 7) is -2.96. The van der Waals surface area contributed by atoms with Gasteiger partial charge in [-0.25, -0.2) is 4.39 Å². The van der Waals surface area contributed by atoms with E-state index in [0.29, 0.717) is 5.56 Å². The van der Waals surface area contributed by atoms with Crippen LogP contribution in [0.15, 0.2) is 48.5 Å². The molecule has 0 bridgehead atoms. The van der Waals surface area contributed by atoms with Crippen LogP contribution in [0, 0.1) is 5.82 Å². The Hall–Kier alpha value is -2.17. The minimum atomic E-state index is -2.91. The average molecular weight is 268 g/mol. The predicted molar refractivity (Wildman–Crippen MR) is 63.8 cm³/mol. The fourth-order valence-corrected chi connectivity index (χ4v) is 1.55. The van der Waals surface area contributed by atoms with Gasteiger partial charge >= 0.3 is 6.61 Å². The number of alkyl halides is 2. The van der Waals surface area contributed by atoms with Crippen molar-refractivity contribution >= 4 is 0 Å². The van der Waals surface area contributed by atoms with E-state index in [2.05, 4.69) is 4.74 Å². The largest absolute Gasteiger partial charge is 0.486 e. The standard InChI is InChI=1S/C14H11F3O2/c15-11-6-2-4-8-13(11)18-9-10-5-1-3-7-12(10)19-14(16)17/h1-8,14H,9H2. The van der Waals surface area contributed by atoms with E-state index in [1.165, 1.54) is 24.3 Å². The van der Waals surface area contributed by atoms with E-state index in [-0.39, 0.29) is 18.1 Å². The normalized spacial score (nSPS) is 10.5. The fraction of sp³-hybridized carbons (Fsp3) is 0.143. The number of hydrogen-bond donors (Lipinski definition) is 0. The first kappa shape index (κ1) is 13.3. The van der Waals surface area contributed by atoms with Crippen LogP contribution in [-0.4, -0.2) is 6.61 Å². The molecule has 0 atom stereocenters. The first-order valence-corrected chi connectivity index (χ1v) is 5.57. The number of rotatable bonds is 5. The van der Waals surface area contributed by atoms with Gasteiger partial charge in [0.25, 0.3) is 0 Å². The molecular weight excluding hydrogens is 257 g/mol. The first-order chi connectivity index (χ1) is 9.16. The van der Waals surface area contributed by atoms with Crippen LogP contribution >= 0.6 is 0 Å². The van der Waals surface area contributed by atoms with E-state index in [1.807, 2.05) is 0 Å². The Morgan fingerprint density at radius 2 is 1.53 bits per heavy atom. The van der Waals surface area contributed by atoms with Crippen LogP contribution in [0.3, 0.4) is 0 Å². The Morgan fingerprint density at radius 3 is 2.21 bits per heavy atom. The molecule has 0 amide bonds. The van der Waals surface area contributed by atoms with Crippen LogP contribution in [0.25, 0.3) is 0 Å². The zero-order valence-corrected chi connectivity index (χ0v) is 9.85. The second-order valence-electron chi connectivity index (χ2n) is 3.71. The molecule has 2 nitrogen and oxygen atoms in total. The molecule has 0 aromatic heterocycles. The molecule has 0 heterocycles. The highest BCUT2D eigenvalue weighted by Crippen LogP contribution is 2.23. The highest BCUT2D eigenvalue weighted by molar-refractivity contribution is 5.33. The van der Waals surface area contributed by atoms with Crippen molar-refractivity contribution in [2.24, 2.45) is 0 Å². The lowest BCUT2D eigenvalue weighted by molar-refractivity contribution is -0.0508. The van der Waals surface area contributed by atoms with Crippen LogP contribution in [0.2, 0.25) is 0 Å². The number of ether oxygens (including phenoxy) is 2. The van der Waals surface area contributed by atoms with Crippen LogP contribution in [-0.2, 0) is 6.61 Å². The predicted octanol–water partition coefficient (Wildman–Crippen LogP) is 4.01. The van der Waals surface area contributed by atoms with Crippen molar-refractivity contribution in [3.63, 3.8) is 0 Å². The monoisotopic (exact) mass is 268 g/mol. The smallest absolute Gasteiger partial charge is 0.387 e. The van der Waals surface area contributed by atoms with E-state index in [1.54, 1.807) is 24.3 Å². The Balaban J connectivity index is 2.09. The summed E-state index contributed by atoms with van der Waals surface area (Å²) < 4.78 is 47.3. The van der Waals surface area contributed by atoms with Crippen molar-refractivity contribution in [1.82, 2.24) is 0 Å². The van der Waals surface area contributed by atoms with Gasteiger partial charge in [-0.15, -0.1) is 0 Å². The van der Waals surface area contributed by atoms with Crippen molar-refractivity contribution in [3.05, 3.63) is 59.9 Å². The van der Waals surface area contributed by atoms with Crippen molar-refractivity contribution < 1.29 is 22.6 Å². The second-order valence-corrected chi connectivity index (χ2v) is 3.71. The van der Waals surface area contributed by atoms with Crippen molar-refractivity contribution in [2.45, 2.75) is 13.2 Å². The Morgan fingerprint density at radius 1 is 0.895 bits per heavy atom. The third-order valence-electron chi connectivity index (χ3n) is 2.41. The number of hydrogen-bond acceptors (Lipinski definition) is 2. The molecule has 0 N–H and O–H groups in total. The van der Waals surface area contributed by atoms with Gasteiger partial charge in [-0.2, -0.15) is 8.78 Å². The molecule has 2 aromatic rings. The van der Waals surface area contributed by atoms with Gasteiger partial charge in [0.2, 0.25) is 0 Å². The number of benzene rings is 2. The number of halogens is 3. The maximum atomic E-state index is 13.3. The number of para-hydroxylation sites is 2. The van der Waals surface area contributed by atoms with Gasteiger partial charge in [-0.3, -0.25) is 0 Å². The highest BCUT2D eigenvalue weighted by atomic mass is 19.3. The Kier molecular flexibility index (Phi) is 4.28. The van der Waals surface area contributed by atoms with Gasteiger partial charge in [-0.05, 0) is 18.2 Å². The Labute approximate surface area is 108 Å². The second kappa shape index (κ2) is 6.13. The minimum absolute atomic E-state index is 0.0221. The summed E-state index contributed by atoms with van der Waals surface area (Å²) in [7, 11) is 0. The summed E-state index contributed by atoms with van der Waals surface area (Å²) >= 11 is 0. The molecule has 0 spiro atoms. The molecule has 0 fully saturated rings. The molecule has 19 heavy (non-hydrogen) atoms. The van der Waals surface area contributed by atoms with Crippen molar-refractivity contribution in [1.29, 1.82) is 0 Å². The third-order valence-corrected chi connectivity index (χ3v) is 2.41. The van der Waals surface area contributed by atoms with Crippen molar-refractivity contribution in [2.75, 3.05) is 0 Å². The van der Waals surface area contributed by atoms with Gasteiger partial charge in [0.1, 0.15) is 12.4 Å². The molecule has 100 valence electrons. The Bertz CT molecular complexity index is 544. The quantitative estimate of drug-likeness (QED) is 0.815. The first-order valence-electron chi connectivity index (χ1n) is 5.57. The maximum absolute atomic E-state index is 13.3. The van der Waals surface area contributed by atoms with Crippen LogP contribution < -0.4 is 9.47 Å². The van der Waals surface area contributed by atoms with Crippen LogP contribution in [0.4, 0.5) is 13.2 Å². The van der Waals surface area contributed by atoms with Gasteiger partial charge in [0, 0.05) is 5.56 Å². The summed E-state index contributed by atoms with van der Waals surface area (Å²) in [6.07, 6.45) is 0. The molecule has 0 saturated heterocycles. The van der Waals surface area contributed by atoms with Crippen LogP contribution in [0.5, 0.6) is 11.5 Å². The molecule has 0 aliphatic carbocycles. The van der Waals surface area contributed by atoms with E-state index in [4.69, 9.17) is 4.74 Å². The summed E-state index contributed by atoms with van der Waals surface area (Å²) in [4.78, 5) is 0. The summed E-state index contributed by atoms with van der Waals surface area (Å²) in [5.74, 6) is -0.419. The van der Waals surface area contributed by atoms with E-state index in [0.717, 1.165) is 0 Å². The van der Waals surface area contributed by atoms with E-state index in [9.17, 15) is 13.2 Å². The molecule has 0 aliphatic heterocycles. The van der Waals surface area contributed by atoms with E-state index < -0.39 is 12.4 Å². The van der Waals surface area contributed by atoms with Gasteiger partial charge in [0.15, 0.2) is 11.6 Å². The lowest BCUT2D eigenvalue weighted by Crippen LogP contribution is -2.06. The lowest BCUT2D eigenvalue weighted by Gasteiger charge is -2.11. The topological polar surface area (TPSA) is 18.5 Å². The van der Waals surface area contributed by atoms with Gasteiger partial charge in [0.05, 0.1) is 0 Å². The summed E-state index contributed by atoms with van der Waals surface area (Å²) in [6, 6.07) is 12.1. The highest BCUT2D eigenvalue weighted by Gasteiger charge is 2.10. The van der Waals surface area contributed by atoms with Gasteiger partial charge in [-0.1, -0.05) is 30.3 Å². The summed E-state index contributed by atoms with van der Waals surface area (Å²) in [5.41, 5.74) is 0.422. The molecular formula is C14H11F3O2. The lowest BCUT2D eigenvalue weighted by atomic mass is 10.2. The molecule has 0 unspecified atom stereocenters. The van der Waals surface area contributed by atoms with Gasteiger partial charge < -0.3 is 9.47 Å². The molecule has 2 rings (SSSR count). The minimum Gasteiger partial charge on any atom is -0.486 e. The third kappa shape index (κ3) is 3.64. The molecule has 0 radical (unpaired) electrons. The van der Waals surface area contributed by atoms with Crippen LogP contribution in [0.1, 0.15) is 5.56 Å². The average Bonchev–Trinajstić information content (AvgIpc) is 2.39. The fourth-order valence-electron chi connectivity index (χ4n) is 1.55. The molecule has 2 aromatic carbocycles. The molecule has 0 saturated carbocycles. The maximum Gasteiger partial charge on any atom is 0.387 e. The molecule has 5 heteroatoms. The van der Waals surface area contributed by atoms with E-state index >= 15 is 0 Å². The SMILES string of the molecule is Fc1ccccc1OCc1ccccc1OC(F)F. The zero-order chi connectivity index (χ0) is 13.7. The summed E-state index contributed by atoms with van der Waals surface area (Å²) in [5, 5.41) is 0. The van der Waals surface area contributed by atoms with Crippen molar-refractivity contribution in [3.8, 4) is 11.5 Å².